The molecule has 3 heteroatoms. The van der Waals surface area contributed by atoms with Gasteiger partial charge in [0.25, 0.3) is 0 Å². The third-order valence-corrected chi connectivity index (χ3v) is 5.99. The van der Waals surface area contributed by atoms with Crippen molar-refractivity contribution in [3.05, 3.63) is 0 Å². The molecule has 0 aromatic heterocycles. The van der Waals surface area contributed by atoms with Gasteiger partial charge in [-0.15, -0.1) is 0 Å². The first-order valence-corrected chi connectivity index (χ1v) is 13.1. The van der Waals surface area contributed by atoms with Crippen LogP contribution in [0.25, 0.3) is 0 Å². The highest BCUT2D eigenvalue weighted by Crippen LogP contribution is 2.22. The molecule has 2 nitrogen and oxygen atoms in total. The highest BCUT2D eigenvalue weighted by atomic mass is 79.9. The minimum atomic E-state index is 0.0378. The van der Waals surface area contributed by atoms with Crippen LogP contribution in [-0.4, -0.2) is 17.9 Å². The number of hydrogen-bond acceptors (Lipinski definition) is 2. The maximum atomic E-state index is 12.2. The van der Waals surface area contributed by atoms with Gasteiger partial charge in [-0.05, 0) is 38.0 Å². The smallest absolute Gasteiger partial charge is 0.306 e. The molecule has 0 saturated carbocycles. The molecule has 0 aliphatic heterocycles. The van der Waals surface area contributed by atoms with E-state index in [-0.39, 0.29) is 5.97 Å². The number of alkyl halides is 1. The third kappa shape index (κ3) is 20.5. The Hall–Kier alpha value is -0.0500. The van der Waals surface area contributed by atoms with Crippen LogP contribution in [-0.2, 0) is 9.53 Å². The molecule has 0 aliphatic rings. The summed E-state index contributed by atoms with van der Waals surface area (Å²) in [5.41, 5.74) is 0. The summed E-state index contributed by atoms with van der Waals surface area (Å²) in [4.78, 5) is 12.2. The average Bonchev–Trinajstić information content (AvgIpc) is 2.66. The Kier molecular flexibility index (Phi) is 22.2. The third-order valence-electron chi connectivity index (χ3n) is 5.43. The van der Waals surface area contributed by atoms with Crippen LogP contribution in [0.5, 0.6) is 0 Å². The lowest BCUT2D eigenvalue weighted by Gasteiger charge is -2.16. The lowest BCUT2D eigenvalue weighted by atomic mass is 9.91. The van der Waals surface area contributed by atoms with Crippen LogP contribution in [0, 0.1) is 5.92 Å². The highest BCUT2D eigenvalue weighted by molar-refractivity contribution is 9.09. The maximum absolute atomic E-state index is 12.2. The second-order valence-electron chi connectivity index (χ2n) is 8.15. The number of carbonyl (C=O) groups excluding carboxylic acids is 1. The van der Waals surface area contributed by atoms with Crippen molar-refractivity contribution < 1.29 is 9.53 Å². The van der Waals surface area contributed by atoms with Gasteiger partial charge in [-0.1, -0.05) is 107 Å². The summed E-state index contributed by atoms with van der Waals surface area (Å²) in [6, 6.07) is 0. The van der Waals surface area contributed by atoms with Crippen molar-refractivity contribution in [1.82, 2.24) is 0 Å². The summed E-state index contributed by atoms with van der Waals surface area (Å²) >= 11 is 3.44. The van der Waals surface area contributed by atoms with Crippen LogP contribution in [0.4, 0.5) is 0 Å². The van der Waals surface area contributed by atoms with E-state index in [1.807, 2.05) is 0 Å². The van der Waals surface area contributed by atoms with Crippen LogP contribution in [0.1, 0.15) is 129 Å². The number of carbonyl (C=O) groups is 1. The van der Waals surface area contributed by atoms with Crippen molar-refractivity contribution in [3.63, 3.8) is 0 Å². The van der Waals surface area contributed by atoms with Gasteiger partial charge in [0, 0.05) is 11.8 Å². The number of ether oxygens (including phenoxy) is 1. The molecule has 0 spiro atoms. The Morgan fingerprint density at radius 2 is 1.19 bits per heavy atom. The van der Waals surface area contributed by atoms with Gasteiger partial charge < -0.3 is 4.74 Å². The Balaban J connectivity index is 4.00. The number of rotatable bonds is 21. The molecule has 0 heterocycles. The van der Waals surface area contributed by atoms with E-state index in [9.17, 15) is 4.79 Å². The van der Waals surface area contributed by atoms with Crippen LogP contribution >= 0.6 is 15.9 Å². The van der Waals surface area contributed by atoms with Gasteiger partial charge in [0.05, 0.1) is 6.61 Å². The molecule has 0 atom stereocenters. The van der Waals surface area contributed by atoms with Crippen LogP contribution in [0.15, 0.2) is 0 Å². The molecule has 0 fully saturated rings. The SMILES string of the molecule is CCCCCCCCC(CCCCCCCC)CC(=O)OCCCCCBr. The van der Waals surface area contributed by atoms with Crippen molar-refractivity contribution in [2.45, 2.75) is 129 Å². The molecule has 162 valence electrons. The minimum Gasteiger partial charge on any atom is -0.466 e. The van der Waals surface area contributed by atoms with Crippen molar-refractivity contribution in [2.75, 3.05) is 11.9 Å². The van der Waals surface area contributed by atoms with Gasteiger partial charge in [-0.3, -0.25) is 4.79 Å². The molecule has 0 aromatic rings. The zero-order chi connectivity index (χ0) is 20.0. The number of halogens is 1. The molecule has 0 amide bonds. The molecular formula is C24H47BrO2. The van der Waals surface area contributed by atoms with Crippen LogP contribution < -0.4 is 0 Å². The second kappa shape index (κ2) is 22.2. The summed E-state index contributed by atoms with van der Waals surface area (Å²) in [5.74, 6) is 0.577. The lowest BCUT2D eigenvalue weighted by Crippen LogP contribution is -2.13. The van der Waals surface area contributed by atoms with E-state index in [2.05, 4.69) is 29.8 Å². The molecular weight excluding hydrogens is 400 g/mol. The van der Waals surface area contributed by atoms with E-state index >= 15 is 0 Å². The van der Waals surface area contributed by atoms with Crippen molar-refractivity contribution in [3.8, 4) is 0 Å². The van der Waals surface area contributed by atoms with Crippen LogP contribution in [0.2, 0.25) is 0 Å². The second-order valence-corrected chi connectivity index (χ2v) is 8.95. The number of hydrogen-bond donors (Lipinski definition) is 0. The van der Waals surface area contributed by atoms with Crippen molar-refractivity contribution in [1.29, 1.82) is 0 Å². The summed E-state index contributed by atoms with van der Waals surface area (Å²) in [6.45, 7) is 5.14. The van der Waals surface area contributed by atoms with E-state index in [1.54, 1.807) is 0 Å². The van der Waals surface area contributed by atoms with Gasteiger partial charge in [0.2, 0.25) is 0 Å². The maximum Gasteiger partial charge on any atom is 0.306 e. The monoisotopic (exact) mass is 446 g/mol. The minimum absolute atomic E-state index is 0.0378. The van der Waals surface area contributed by atoms with E-state index in [4.69, 9.17) is 4.74 Å². The first kappa shape index (κ1) is 27.0. The predicted molar refractivity (Wildman–Crippen MR) is 123 cm³/mol. The molecule has 0 bridgehead atoms. The van der Waals surface area contributed by atoms with Gasteiger partial charge in [0.15, 0.2) is 0 Å². The van der Waals surface area contributed by atoms with E-state index in [0.29, 0.717) is 18.9 Å². The normalized spacial score (nSPS) is 11.3. The zero-order valence-corrected chi connectivity index (χ0v) is 20.0. The number of unbranched alkanes of at least 4 members (excludes halogenated alkanes) is 12. The molecule has 0 unspecified atom stereocenters. The van der Waals surface area contributed by atoms with E-state index in [0.717, 1.165) is 24.6 Å². The molecule has 27 heavy (non-hydrogen) atoms. The first-order chi connectivity index (χ1) is 13.2. The van der Waals surface area contributed by atoms with Gasteiger partial charge in [-0.25, -0.2) is 0 Å². The van der Waals surface area contributed by atoms with Gasteiger partial charge in [-0.2, -0.15) is 0 Å². The highest BCUT2D eigenvalue weighted by Gasteiger charge is 2.14. The lowest BCUT2D eigenvalue weighted by molar-refractivity contribution is -0.145. The zero-order valence-electron chi connectivity index (χ0n) is 18.4. The Morgan fingerprint density at radius 3 is 1.70 bits per heavy atom. The molecule has 0 aliphatic carbocycles. The molecule has 0 N–H and O–H groups in total. The van der Waals surface area contributed by atoms with Crippen molar-refractivity contribution >= 4 is 21.9 Å². The topological polar surface area (TPSA) is 26.3 Å². The Morgan fingerprint density at radius 1 is 0.704 bits per heavy atom. The fourth-order valence-electron chi connectivity index (χ4n) is 3.63. The predicted octanol–water partition coefficient (Wildman–Crippen LogP) is 8.60. The average molecular weight is 448 g/mol. The molecule has 0 saturated heterocycles. The fourth-order valence-corrected chi connectivity index (χ4v) is 4.03. The molecule has 0 radical (unpaired) electrons. The fraction of sp³-hybridized carbons (Fsp3) is 0.958. The Labute approximate surface area is 178 Å². The summed E-state index contributed by atoms with van der Waals surface area (Å²) in [7, 11) is 0. The number of esters is 1. The van der Waals surface area contributed by atoms with Gasteiger partial charge in [0.1, 0.15) is 0 Å². The van der Waals surface area contributed by atoms with E-state index in [1.165, 1.54) is 89.9 Å². The first-order valence-electron chi connectivity index (χ1n) is 12.0. The standard InChI is InChI=1S/C24H47BrO2/c1-3-5-7-9-11-14-18-23(19-15-12-10-8-6-4-2)22-24(26)27-21-17-13-16-20-25/h23H,3-22H2,1-2H3. The quantitative estimate of drug-likeness (QED) is 0.100. The largest absolute Gasteiger partial charge is 0.466 e. The van der Waals surface area contributed by atoms with E-state index < -0.39 is 0 Å². The van der Waals surface area contributed by atoms with Crippen molar-refractivity contribution in [2.24, 2.45) is 5.92 Å². The summed E-state index contributed by atoms with van der Waals surface area (Å²) < 4.78 is 5.48. The summed E-state index contributed by atoms with van der Waals surface area (Å²) in [5, 5.41) is 1.04. The Bertz CT molecular complexity index is 291. The van der Waals surface area contributed by atoms with Gasteiger partial charge >= 0.3 is 5.97 Å². The molecule has 0 aromatic carbocycles. The summed E-state index contributed by atoms with van der Waals surface area (Å²) in [6.07, 6.45) is 22.4. The molecule has 0 rings (SSSR count). The van der Waals surface area contributed by atoms with Crippen LogP contribution in [0.3, 0.4) is 0 Å².